The second-order valence-electron chi connectivity index (χ2n) is 7.31. The van der Waals surface area contributed by atoms with E-state index in [1.807, 2.05) is 25.1 Å². The van der Waals surface area contributed by atoms with Crippen LogP contribution in [0.15, 0.2) is 42.7 Å². The topological polar surface area (TPSA) is 117 Å². The number of aliphatic carboxylic acids is 1. The van der Waals surface area contributed by atoms with Gasteiger partial charge in [-0.1, -0.05) is 12.1 Å². The molecule has 162 valence electrons. The first-order valence-electron chi connectivity index (χ1n) is 10.0. The van der Waals surface area contributed by atoms with Crippen molar-refractivity contribution in [1.29, 1.82) is 0 Å². The molecule has 0 spiro atoms. The molecule has 9 nitrogen and oxygen atoms in total. The fourth-order valence-electron chi connectivity index (χ4n) is 3.57. The number of carbonyl (C=O) groups is 1. The van der Waals surface area contributed by atoms with E-state index < -0.39 is 12.6 Å². The predicted molar refractivity (Wildman–Crippen MR) is 116 cm³/mol. The molecule has 1 saturated heterocycles. The van der Waals surface area contributed by atoms with Gasteiger partial charge < -0.3 is 29.9 Å². The molecule has 1 fully saturated rings. The van der Waals surface area contributed by atoms with Crippen molar-refractivity contribution in [2.45, 2.75) is 13.0 Å². The number of hydrogen-bond acceptors (Lipinski definition) is 8. The molecule has 1 aromatic heterocycles. The average molecular weight is 424 g/mol. The molecule has 4 rings (SSSR count). The number of rotatable bonds is 7. The van der Waals surface area contributed by atoms with E-state index in [2.05, 4.69) is 20.2 Å². The number of phenols is 1. The lowest BCUT2D eigenvalue weighted by atomic mass is 10.1. The zero-order valence-electron chi connectivity index (χ0n) is 17.1. The number of anilines is 2. The molecular weight excluding hydrogens is 400 g/mol. The van der Waals surface area contributed by atoms with Crippen LogP contribution in [0.25, 0.3) is 10.9 Å². The van der Waals surface area contributed by atoms with Crippen LogP contribution < -0.4 is 15.0 Å². The maximum absolute atomic E-state index is 11.1. The number of benzene rings is 2. The van der Waals surface area contributed by atoms with Gasteiger partial charge in [0, 0.05) is 30.2 Å². The lowest BCUT2D eigenvalue weighted by Crippen LogP contribution is -2.36. The van der Waals surface area contributed by atoms with Gasteiger partial charge in [0.2, 0.25) is 0 Å². The molecule has 1 atom stereocenters. The zero-order chi connectivity index (χ0) is 21.8. The summed E-state index contributed by atoms with van der Waals surface area (Å²) in [6.07, 6.45) is 1.42. The molecule has 2 aromatic carbocycles. The summed E-state index contributed by atoms with van der Waals surface area (Å²) in [5.74, 6) is 0.112. The molecule has 3 N–H and O–H groups in total. The monoisotopic (exact) mass is 424 g/mol. The van der Waals surface area contributed by atoms with Crippen LogP contribution in [-0.2, 0) is 9.53 Å². The molecule has 1 aliphatic heterocycles. The second-order valence-corrected chi connectivity index (χ2v) is 7.31. The predicted octanol–water partition coefficient (Wildman–Crippen LogP) is 2.81. The smallest absolute Gasteiger partial charge is 0.341 e. The number of phenolic OH excluding ortho intramolecular Hbond substituents is 1. The first-order valence-corrected chi connectivity index (χ1v) is 10.0. The Bertz CT molecular complexity index is 1080. The number of nitrogens with zero attached hydrogens (tertiary/aromatic N) is 3. The lowest BCUT2D eigenvalue weighted by molar-refractivity contribution is -0.139. The Morgan fingerprint density at radius 2 is 2.06 bits per heavy atom. The van der Waals surface area contributed by atoms with Crippen molar-refractivity contribution in [3.63, 3.8) is 0 Å². The number of aromatic hydroxyl groups is 1. The molecule has 31 heavy (non-hydrogen) atoms. The number of ether oxygens (including phenoxy) is 2. The summed E-state index contributed by atoms with van der Waals surface area (Å²) in [6, 6.07) is 10.7. The number of hydrogen-bond donors (Lipinski definition) is 3. The highest BCUT2D eigenvalue weighted by Crippen LogP contribution is 2.35. The summed E-state index contributed by atoms with van der Waals surface area (Å²) in [5, 5.41) is 23.0. The Kier molecular flexibility index (Phi) is 6.03. The van der Waals surface area contributed by atoms with Crippen LogP contribution in [0.2, 0.25) is 0 Å². The van der Waals surface area contributed by atoms with Gasteiger partial charge in [-0.05, 0) is 30.7 Å². The number of morpholine rings is 1. The van der Waals surface area contributed by atoms with Crippen LogP contribution in [0.4, 0.5) is 11.5 Å². The van der Waals surface area contributed by atoms with Crippen molar-refractivity contribution in [2.24, 2.45) is 0 Å². The number of nitrogens with one attached hydrogen (secondary N) is 1. The maximum Gasteiger partial charge on any atom is 0.341 e. The van der Waals surface area contributed by atoms with Crippen LogP contribution in [0.3, 0.4) is 0 Å². The summed E-state index contributed by atoms with van der Waals surface area (Å²) < 4.78 is 11.0. The third-order valence-corrected chi connectivity index (χ3v) is 5.14. The Labute approximate surface area is 179 Å². The Morgan fingerprint density at radius 3 is 2.81 bits per heavy atom. The van der Waals surface area contributed by atoms with Gasteiger partial charge in [-0.3, -0.25) is 0 Å². The molecule has 0 saturated carbocycles. The van der Waals surface area contributed by atoms with Crippen molar-refractivity contribution >= 4 is 28.4 Å². The highest BCUT2D eigenvalue weighted by molar-refractivity contribution is 5.96. The largest absolute Gasteiger partial charge is 0.508 e. The van der Waals surface area contributed by atoms with Crippen LogP contribution in [0, 0.1) is 0 Å². The van der Waals surface area contributed by atoms with Gasteiger partial charge in [0.15, 0.2) is 6.61 Å². The van der Waals surface area contributed by atoms with E-state index >= 15 is 0 Å². The van der Waals surface area contributed by atoms with Gasteiger partial charge in [0.05, 0.1) is 19.3 Å². The third kappa shape index (κ3) is 4.77. The zero-order valence-corrected chi connectivity index (χ0v) is 17.1. The van der Waals surface area contributed by atoms with Crippen LogP contribution in [-0.4, -0.2) is 59.1 Å². The van der Waals surface area contributed by atoms with Crippen LogP contribution >= 0.6 is 0 Å². The van der Waals surface area contributed by atoms with Gasteiger partial charge in [-0.15, -0.1) is 0 Å². The summed E-state index contributed by atoms with van der Waals surface area (Å²) in [5.41, 5.74) is 2.32. The van der Waals surface area contributed by atoms with E-state index in [0.717, 1.165) is 29.7 Å². The average Bonchev–Trinajstić information content (AvgIpc) is 2.78. The fraction of sp³-hybridized carbons (Fsp3) is 0.318. The summed E-state index contributed by atoms with van der Waals surface area (Å²) in [4.78, 5) is 22.0. The molecule has 1 unspecified atom stereocenters. The summed E-state index contributed by atoms with van der Waals surface area (Å²) >= 11 is 0. The minimum Gasteiger partial charge on any atom is -0.508 e. The molecular formula is C22H24N4O5. The first kappa shape index (κ1) is 20.7. The van der Waals surface area contributed by atoms with Crippen LogP contribution in [0.1, 0.15) is 18.5 Å². The van der Waals surface area contributed by atoms with Gasteiger partial charge in [-0.25, -0.2) is 14.8 Å². The Balaban J connectivity index is 1.74. The quantitative estimate of drug-likeness (QED) is 0.526. The number of aromatic nitrogens is 2. The Hall–Kier alpha value is -3.59. The molecule has 0 aliphatic carbocycles. The van der Waals surface area contributed by atoms with E-state index in [0.29, 0.717) is 30.3 Å². The van der Waals surface area contributed by atoms with Crippen molar-refractivity contribution in [3.05, 3.63) is 48.3 Å². The van der Waals surface area contributed by atoms with Crippen molar-refractivity contribution < 1.29 is 24.5 Å². The van der Waals surface area contributed by atoms with E-state index in [-0.39, 0.29) is 11.8 Å². The van der Waals surface area contributed by atoms with Gasteiger partial charge in [0.1, 0.15) is 29.2 Å². The van der Waals surface area contributed by atoms with Crippen LogP contribution in [0.5, 0.6) is 11.5 Å². The van der Waals surface area contributed by atoms with Gasteiger partial charge in [0.25, 0.3) is 0 Å². The normalized spacial score (nSPS) is 14.9. The first-order chi connectivity index (χ1) is 15.0. The second kappa shape index (κ2) is 9.05. The Morgan fingerprint density at radius 1 is 1.26 bits per heavy atom. The van der Waals surface area contributed by atoms with E-state index in [1.165, 1.54) is 6.33 Å². The lowest BCUT2D eigenvalue weighted by Gasteiger charge is -2.29. The highest BCUT2D eigenvalue weighted by atomic mass is 16.5. The molecule has 0 radical (unpaired) electrons. The molecule has 0 amide bonds. The minimum absolute atomic E-state index is 0.138. The SMILES string of the molecule is CC(Nc1ncnc2c(OCC(=O)O)cc(N3CCOCC3)cc12)c1cccc(O)c1. The molecule has 2 heterocycles. The van der Waals surface area contributed by atoms with E-state index in [4.69, 9.17) is 14.6 Å². The maximum atomic E-state index is 11.1. The summed E-state index contributed by atoms with van der Waals surface area (Å²) in [7, 11) is 0. The molecule has 1 aliphatic rings. The number of fused-ring (bicyclic) bond motifs is 1. The highest BCUT2D eigenvalue weighted by Gasteiger charge is 2.18. The van der Waals surface area contributed by atoms with E-state index in [1.54, 1.807) is 18.2 Å². The fourth-order valence-corrected chi connectivity index (χ4v) is 3.57. The third-order valence-electron chi connectivity index (χ3n) is 5.14. The van der Waals surface area contributed by atoms with Crippen molar-refractivity contribution in [2.75, 3.05) is 43.1 Å². The standard InChI is InChI=1S/C22H24N4O5/c1-14(15-3-2-4-17(27)9-15)25-22-18-10-16(26-5-7-30-8-6-26)11-19(31-12-20(28)29)21(18)23-13-24-22/h2-4,9-11,13-14,27H,5-8,12H2,1H3,(H,28,29)(H,23,24,25). The van der Waals surface area contributed by atoms with Crippen molar-refractivity contribution in [1.82, 2.24) is 9.97 Å². The van der Waals surface area contributed by atoms with Gasteiger partial charge in [-0.2, -0.15) is 0 Å². The number of carboxylic acid groups (broad SMARTS) is 1. The molecule has 3 aromatic rings. The van der Waals surface area contributed by atoms with Gasteiger partial charge >= 0.3 is 5.97 Å². The molecule has 0 bridgehead atoms. The summed E-state index contributed by atoms with van der Waals surface area (Å²) in [6.45, 7) is 4.19. The number of carboxylic acids is 1. The minimum atomic E-state index is -1.06. The van der Waals surface area contributed by atoms with E-state index in [9.17, 15) is 9.90 Å². The molecule has 9 heteroatoms. The van der Waals surface area contributed by atoms with Crippen molar-refractivity contribution in [3.8, 4) is 11.5 Å².